The fraction of sp³-hybridized carbons (Fsp3) is 0.571. The zero-order valence-electron chi connectivity index (χ0n) is 12.4. The highest BCUT2D eigenvalue weighted by Crippen LogP contribution is 2.36. The fourth-order valence-electron chi connectivity index (χ4n) is 2.06. The van der Waals surface area contributed by atoms with Gasteiger partial charge in [-0.15, -0.1) is 0 Å². The maximum atomic E-state index is 12.5. The molecule has 1 amide bonds. The molecule has 2 rings (SSSR count). The summed E-state index contributed by atoms with van der Waals surface area (Å²) in [6.45, 7) is 5.38. The standard InChI is InChI=1S/C14H21N3O4/c1-14(2,3)21-13(18)17(9-6-7-9)11(12(15)16-19)10-5-4-8-20-10/h4-5,8-9,11,19H,6-7H2,1-3H3,(H2,15,16). The third kappa shape index (κ3) is 3.68. The lowest BCUT2D eigenvalue weighted by Crippen LogP contribution is -2.45. The van der Waals surface area contributed by atoms with E-state index in [0.717, 1.165) is 12.8 Å². The number of carbonyl (C=O) groups excluding carboxylic acids is 1. The Morgan fingerprint density at radius 1 is 1.57 bits per heavy atom. The van der Waals surface area contributed by atoms with E-state index in [1.54, 1.807) is 32.9 Å². The van der Waals surface area contributed by atoms with Crippen LogP contribution < -0.4 is 5.73 Å². The van der Waals surface area contributed by atoms with Crippen LogP contribution in [0, 0.1) is 0 Å². The molecule has 1 aromatic heterocycles. The molecule has 0 saturated heterocycles. The van der Waals surface area contributed by atoms with Crippen molar-refractivity contribution in [1.82, 2.24) is 4.90 Å². The molecule has 1 saturated carbocycles. The fourth-order valence-corrected chi connectivity index (χ4v) is 2.06. The summed E-state index contributed by atoms with van der Waals surface area (Å²) >= 11 is 0. The summed E-state index contributed by atoms with van der Waals surface area (Å²) < 4.78 is 10.8. The van der Waals surface area contributed by atoms with Crippen molar-refractivity contribution in [1.29, 1.82) is 0 Å². The van der Waals surface area contributed by atoms with Gasteiger partial charge in [-0.2, -0.15) is 0 Å². The van der Waals surface area contributed by atoms with Crippen molar-refractivity contribution in [2.24, 2.45) is 10.9 Å². The predicted molar refractivity (Wildman–Crippen MR) is 76.0 cm³/mol. The number of nitrogens with zero attached hydrogens (tertiary/aromatic N) is 2. The molecule has 0 aliphatic heterocycles. The summed E-state index contributed by atoms with van der Waals surface area (Å²) in [5.41, 5.74) is 5.15. The number of hydrogen-bond donors (Lipinski definition) is 2. The minimum absolute atomic E-state index is 0.00949. The lowest BCUT2D eigenvalue weighted by atomic mass is 10.1. The average molecular weight is 295 g/mol. The Morgan fingerprint density at radius 3 is 2.67 bits per heavy atom. The number of rotatable bonds is 4. The van der Waals surface area contributed by atoms with E-state index in [9.17, 15) is 4.79 Å². The van der Waals surface area contributed by atoms with Gasteiger partial charge in [0.1, 0.15) is 11.4 Å². The van der Waals surface area contributed by atoms with Gasteiger partial charge < -0.3 is 20.1 Å². The van der Waals surface area contributed by atoms with Gasteiger partial charge in [-0.3, -0.25) is 4.90 Å². The first-order chi connectivity index (χ1) is 9.83. The second-order valence-corrected chi connectivity index (χ2v) is 6.06. The number of nitrogens with two attached hydrogens (primary N) is 1. The van der Waals surface area contributed by atoms with Crippen molar-refractivity contribution in [3.05, 3.63) is 24.2 Å². The highest BCUT2D eigenvalue weighted by molar-refractivity contribution is 5.89. The summed E-state index contributed by atoms with van der Waals surface area (Å²) in [6.07, 6.45) is 2.69. The molecule has 1 aromatic rings. The first kappa shape index (κ1) is 15.2. The van der Waals surface area contributed by atoms with Crippen LogP contribution >= 0.6 is 0 Å². The molecule has 0 aromatic carbocycles. The number of carbonyl (C=O) groups is 1. The molecule has 0 spiro atoms. The van der Waals surface area contributed by atoms with Gasteiger partial charge in [-0.1, -0.05) is 5.16 Å². The first-order valence-electron chi connectivity index (χ1n) is 6.85. The van der Waals surface area contributed by atoms with Crippen LogP contribution in [0.25, 0.3) is 0 Å². The molecule has 1 heterocycles. The van der Waals surface area contributed by atoms with Crippen LogP contribution in [0.4, 0.5) is 4.79 Å². The second kappa shape index (κ2) is 5.67. The van der Waals surface area contributed by atoms with Crippen LogP contribution in [-0.2, 0) is 4.74 Å². The summed E-state index contributed by atoms with van der Waals surface area (Å²) in [5.74, 6) is 0.325. The molecule has 1 aliphatic carbocycles. The summed E-state index contributed by atoms with van der Waals surface area (Å²) in [5, 5.41) is 12.1. The Balaban J connectivity index is 2.31. The SMILES string of the molecule is CC(C)(C)OC(=O)N(C1CC1)C(/C(N)=N/O)c1ccco1. The van der Waals surface area contributed by atoms with E-state index in [0.29, 0.717) is 5.76 Å². The van der Waals surface area contributed by atoms with E-state index >= 15 is 0 Å². The van der Waals surface area contributed by atoms with Crippen molar-refractivity contribution in [3.8, 4) is 0 Å². The number of amides is 1. The first-order valence-corrected chi connectivity index (χ1v) is 6.85. The van der Waals surface area contributed by atoms with Gasteiger partial charge in [0.2, 0.25) is 0 Å². The van der Waals surface area contributed by atoms with Gasteiger partial charge in [0, 0.05) is 6.04 Å². The van der Waals surface area contributed by atoms with Gasteiger partial charge in [-0.05, 0) is 45.7 Å². The predicted octanol–water partition coefficient (Wildman–Crippen LogP) is 2.47. The molecule has 0 bridgehead atoms. The van der Waals surface area contributed by atoms with Crippen molar-refractivity contribution < 1.29 is 19.2 Å². The topological polar surface area (TPSA) is 101 Å². The number of ether oxygens (including phenoxy) is 1. The largest absolute Gasteiger partial charge is 0.467 e. The van der Waals surface area contributed by atoms with Crippen LogP contribution in [0.3, 0.4) is 0 Å². The number of oxime groups is 1. The Bertz CT molecular complexity index is 515. The Hall–Kier alpha value is -2.18. The average Bonchev–Trinajstić information content (AvgIpc) is 3.07. The van der Waals surface area contributed by atoms with E-state index in [4.69, 9.17) is 20.1 Å². The van der Waals surface area contributed by atoms with E-state index in [2.05, 4.69) is 5.16 Å². The molecule has 116 valence electrons. The molecule has 1 aliphatic rings. The number of hydrogen-bond acceptors (Lipinski definition) is 5. The molecule has 7 nitrogen and oxygen atoms in total. The van der Waals surface area contributed by atoms with Gasteiger partial charge >= 0.3 is 6.09 Å². The van der Waals surface area contributed by atoms with Crippen molar-refractivity contribution in [2.45, 2.75) is 51.3 Å². The van der Waals surface area contributed by atoms with Crippen LogP contribution in [0.2, 0.25) is 0 Å². The van der Waals surface area contributed by atoms with Crippen LogP contribution in [0.5, 0.6) is 0 Å². The van der Waals surface area contributed by atoms with Crippen LogP contribution in [0.15, 0.2) is 28.0 Å². The van der Waals surface area contributed by atoms with Crippen molar-refractivity contribution >= 4 is 11.9 Å². The normalized spacial score (nSPS) is 17.4. The van der Waals surface area contributed by atoms with Crippen LogP contribution in [0.1, 0.15) is 45.4 Å². The molecule has 7 heteroatoms. The quantitative estimate of drug-likeness (QED) is 0.384. The lowest BCUT2D eigenvalue weighted by Gasteiger charge is -2.32. The molecule has 0 radical (unpaired) electrons. The van der Waals surface area contributed by atoms with E-state index in [-0.39, 0.29) is 11.9 Å². The zero-order chi connectivity index (χ0) is 15.6. The monoisotopic (exact) mass is 295 g/mol. The number of amidine groups is 1. The zero-order valence-corrected chi connectivity index (χ0v) is 12.4. The summed E-state index contributed by atoms with van der Waals surface area (Å²) in [6, 6.07) is 2.61. The smallest absolute Gasteiger partial charge is 0.411 e. The second-order valence-electron chi connectivity index (χ2n) is 6.06. The minimum Gasteiger partial charge on any atom is -0.467 e. The van der Waals surface area contributed by atoms with E-state index < -0.39 is 17.7 Å². The van der Waals surface area contributed by atoms with Gasteiger partial charge in [0.15, 0.2) is 11.9 Å². The Labute approximate surface area is 123 Å². The molecule has 3 N–H and O–H groups in total. The number of furan rings is 1. The van der Waals surface area contributed by atoms with Gasteiger partial charge in [-0.25, -0.2) is 4.79 Å². The van der Waals surface area contributed by atoms with Gasteiger partial charge in [0.25, 0.3) is 0 Å². The summed E-state index contributed by atoms with van der Waals surface area (Å²) in [7, 11) is 0. The molecule has 1 unspecified atom stereocenters. The van der Waals surface area contributed by atoms with Crippen molar-refractivity contribution in [3.63, 3.8) is 0 Å². The third-order valence-electron chi connectivity index (χ3n) is 3.03. The maximum absolute atomic E-state index is 12.5. The van der Waals surface area contributed by atoms with Gasteiger partial charge in [0.05, 0.1) is 6.26 Å². The molecular weight excluding hydrogens is 274 g/mol. The van der Waals surface area contributed by atoms with Crippen molar-refractivity contribution in [2.75, 3.05) is 0 Å². The Morgan fingerprint density at radius 2 is 2.24 bits per heavy atom. The highest BCUT2D eigenvalue weighted by atomic mass is 16.6. The highest BCUT2D eigenvalue weighted by Gasteiger charge is 2.43. The van der Waals surface area contributed by atoms with E-state index in [1.165, 1.54) is 11.2 Å². The molecule has 1 atom stereocenters. The molecular formula is C14H21N3O4. The maximum Gasteiger partial charge on any atom is 0.411 e. The Kier molecular flexibility index (Phi) is 4.11. The van der Waals surface area contributed by atoms with E-state index in [1.807, 2.05) is 0 Å². The molecule has 21 heavy (non-hydrogen) atoms. The molecule has 1 fully saturated rings. The third-order valence-corrected chi connectivity index (χ3v) is 3.03. The summed E-state index contributed by atoms with van der Waals surface area (Å²) in [4.78, 5) is 14.0. The van der Waals surface area contributed by atoms with Crippen LogP contribution in [-0.4, -0.2) is 33.7 Å². The lowest BCUT2D eigenvalue weighted by molar-refractivity contribution is 0.0174. The minimum atomic E-state index is -0.771.